The van der Waals surface area contributed by atoms with E-state index < -0.39 is 5.97 Å². The van der Waals surface area contributed by atoms with E-state index in [2.05, 4.69) is 20.0 Å². The summed E-state index contributed by atoms with van der Waals surface area (Å²) < 4.78 is 4.65. The Morgan fingerprint density at radius 2 is 1.89 bits per heavy atom. The Morgan fingerprint density at radius 3 is 2.59 bits per heavy atom. The van der Waals surface area contributed by atoms with Gasteiger partial charge in [0, 0.05) is 29.4 Å². The Morgan fingerprint density at radius 1 is 1.15 bits per heavy atom. The van der Waals surface area contributed by atoms with E-state index in [0.717, 1.165) is 21.8 Å². The molecule has 0 aliphatic rings. The zero-order valence-electron chi connectivity index (χ0n) is 14.6. The summed E-state index contributed by atoms with van der Waals surface area (Å²) in [5.74, 6) is -0.608. The molecule has 0 spiro atoms. The summed E-state index contributed by atoms with van der Waals surface area (Å²) in [6.07, 6.45) is 6.57. The number of amides is 1. The molecular weight excluding hydrogens is 362 g/mol. The van der Waals surface area contributed by atoms with Gasteiger partial charge in [0.25, 0.3) is 0 Å². The van der Waals surface area contributed by atoms with Gasteiger partial charge in [0.15, 0.2) is 0 Å². The molecule has 1 aromatic carbocycles. The largest absolute Gasteiger partial charge is 0.465 e. The van der Waals surface area contributed by atoms with Crippen molar-refractivity contribution in [2.75, 3.05) is 7.11 Å². The smallest absolute Gasteiger partial charge is 0.337 e. The number of pyridine rings is 1. The maximum atomic E-state index is 12.0. The number of ether oxygens (including phenoxy) is 1. The highest BCUT2D eigenvalue weighted by atomic mass is 32.1. The average Bonchev–Trinajstić information content (AvgIpc) is 3.20. The van der Waals surface area contributed by atoms with Gasteiger partial charge in [-0.15, -0.1) is 11.3 Å². The van der Waals surface area contributed by atoms with Crippen LogP contribution in [-0.4, -0.2) is 29.0 Å². The number of methoxy groups -OCH3 is 1. The highest BCUT2D eigenvalue weighted by Gasteiger charge is 2.06. The molecule has 0 radical (unpaired) electrons. The highest BCUT2D eigenvalue weighted by Crippen LogP contribution is 2.22. The van der Waals surface area contributed by atoms with Gasteiger partial charge < -0.3 is 10.1 Å². The first-order chi connectivity index (χ1) is 13.2. The van der Waals surface area contributed by atoms with Crippen molar-refractivity contribution < 1.29 is 14.3 Å². The summed E-state index contributed by atoms with van der Waals surface area (Å²) in [6.45, 7) is 0.353. The van der Waals surface area contributed by atoms with Crippen LogP contribution in [0.15, 0.2) is 60.2 Å². The third-order valence-corrected chi connectivity index (χ3v) is 4.62. The first-order valence-electron chi connectivity index (χ1n) is 8.15. The molecule has 0 atom stereocenters. The molecule has 136 valence electrons. The van der Waals surface area contributed by atoms with Crippen molar-refractivity contribution in [2.24, 2.45) is 0 Å². The van der Waals surface area contributed by atoms with Gasteiger partial charge in [0.1, 0.15) is 5.01 Å². The predicted molar refractivity (Wildman–Crippen MR) is 104 cm³/mol. The normalized spacial score (nSPS) is 10.7. The monoisotopic (exact) mass is 379 g/mol. The molecule has 27 heavy (non-hydrogen) atoms. The van der Waals surface area contributed by atoms with E-state index in [9.17, 15) is 9.59 Å². The molecule has 0 saturated heterocycles. The fourth-order valence-corrected chi connectivity index (χ4v) is 3.10. The molecule has 1 N–H and O–H groups in total. The van der Waals surface area contributed by atoms with Crippen molar-refractivity contribution >= 4 is 29.3 Å². The molecule has 0 saturated carbocycles. The second-order valence-corrected chi connectivity index (χ2v) is 6.40. The number of carbonyl (C=O) groups is 2. The van der Waals surface area contributed by atoms with Crippen molar-refractivity contribution in [3.63, 3.8) is 0 Å². The Kier molecular flexibility index (Phi) is 6.06. The molecule has 0 unspecified atom stereocenters. The van der Waals surface area contributed by atoms with E-state index in [1.165, 1.54) is 24.5 Å². The highest BCUT2D eigenvalue weighted by molar-refractivity contribution is 7.13. The molecule has 1 amide bonds. The van der Waals surface area contributed by atoms with Gasteiger partial charge in [-0.25, -0.2) is 9.78 Å². The van der Waals surface area contributed by atoms with Crippen LogP contribution in [0.3, 0.4) is 0 Å². The molecule has 0 aliphatic carbocycles. The number of carbonyl (C=O) groups excluding carboxylic acids is 2. The lowest BCUT2D eigenvalue weighted by Gasteiger charge is -2.00. The zero-order valence-corrected chi connectivity index (χ0v) is 15.4. The number of benzene rings is 1. The summed E-state index contributed by atoms with van der Waals surface area (Å²) >= 11 is 1.52. The van der Waals surface area contributed by atoms with Gasteiger partial charge in [-0.3, -0.25) is 9.78 Å². The van der Waals surface area contributed by atoms with E-state index in [-0.39, 0.29) is 5.91 Å². The Balaban J connectivity index is 1.53. The van der Waals surface area contributed by atoms with Crippen LogP contribution in [0.25, 0.3) is 16.6 Å². The van der Waals surface area contributed by atoms with Crippen LogP contribution in [0.2, 0.25) is 0 Å². The molecule has 3 rings (SSSR count). The topological polar surface area (TPSA) is 81.2 Å². The second kappa shape index (κ2) is 8.86. The van der Waals surface area contributed by atoms with E-state index in [1.54, 1.807) is 42.7 Å². The van der Waals surface area contributed by atoms with Crippen molar-refractivity contribution in [1.29, 1.82) is 0 Å². The van der Waals surface area contributed by atoms with Crippen molar-refractivity contribution in [3.05, 3.63) is 77.1 Å². The summed E-state index contributed by atoms with van der Waals surface area (Å²) in [5.41, 5.74) is 3.08. The fourth-order valence-electron chi connectivity index (χ4n) is 2.27. The van der Waals surface area contributed by atoms with Crippen LogP contribution in [-0.2, 0) is 16.1 Å². The van der Waals surface area contributed by atoms with E-state index in [4.69, 9.17) is 0 Å². The summed E-state index contributed by atoms with van der Waals surface area (Å²) in [5, 5.41) is 5.62. The van der Waals surface area contributed by atoms with Crippen LogP contribution in [0, 0.1) is 0 Å². The molecule has 0 bridgehead atoms. The lowest BCUT2D eigenvalue weighted by Crippen LogP contribution is -2.20. The van der Waals surface area contributed by atoms with Crippen LogP contribution < -0.4 is 5.32 Å². The third-order valence-electron chi connectivity index (χ3n) is 3.68. The lowest BCUT2D eigenvalue weighted by atomic mass is 10.1. The minimum atomic E-state index is -0.391. The average molecular weight is 379 g/mol. The predicted octanol–water partition coefficient (Wildman–Crippen LogP) is 3.32. The van der Waals surface area contributed by atoms with Gasteiger partial charge in [-0.1, -0.05) is 12.1 Å². The minimum Gasteiger partial charge on any atom is -0.465 e. The summed E-state index contributed by atoms with van der Waals surface area (Å²) in [6, 6.07) is 10.6. The van der Waals surface area contributed by atoms with Gasteiger partial charge in [-0.2, -0.15) is 0 Å². The number of hydrogen-bond donors (Lipinski definition) is 1. The van der Waals surface area contributed by atoms with Crippen molar-refractivity contribution in [1.82, 2.24) is 15.3 Å². The molecule has 3 aromatic rings. The van der Waals surface area contributed by atoms with Crippen molar-refractivity contribution in [3.8, 4) is 10.6 Å². The molecule has 0 aliphatic heterocycles. The van der Waals surface area contributed by atoms with Gasteiger partial charge in [0.05, 0.1) is 24.9 Å². The molecule has 2 heterocycles. The first-order valence-corrected chi connectivity index (χ1v) is 9.03. The van der Waals surface area contributed by atoms with Crippen LogP contribution in [0.4, 0.5) is 0 Å². The standard InChI is InChI=1S/C20H17N3O3S/c1-26-20(25)16-5-2-14(3-6-16)4-7-18(24)22-12-17-13-27-19(23-17)15-8-10-21-11-9-15/h2-11,13H,12H2,1H3,(H,22,24)/b7-4+. The van der Waals surface area contributed by atoms with Gasteiger partial charge in [0.2, 0.25) is 5.91 Å². The molecule has 7 heteroatoms. The fraction of sp³-hybridized carbons (Fsp3) is 0.100. The molecule has 2 aromatic heterocycles. The first kappa shape index (κ1) is 18.5. The van der Waals surface area contributed by atoms with Crippen LogP contribution in [0.5, 0.6) is 0 Å². The third kappa shape index (κ3) is 5.08. The van der Waals surface area contributed by atoms with Gasteiger partial charge in [-0.05, 0) is 35.9 Å². The maximum Gasteiger partial charge on any atom is 0.337 e. The quantitative estimate of drug-likeness (QED) is 0.525. The minimum absolute atomic E-state index is 0.217. The molecule has 0 fully saturated rings. The Hall–Kier alpha value is -3.32. The van der Waals surface area contributed by atoms with E-state index in [1.807, 2.05) is 17.5 Å². The lowest BCUT2D eigenvalue weighted by molar-refractivity contribution is -0.116. The SMILES string of the molecule is COC(=O)c1ccc(/C=C/C(=O)NCc2csc(-c3ccncc3)n2)cc1. The van der Waals surface area contributed by atoms with Crippen LogP contribution in [0.1, 0.15) is 21.6 Å². The number of nitrogens with one attached hydrogen (secondary N) is 1. The Labute approximate surface area is 160 Å². The zero-order chi connectivity index (χ0) is 19.1. The summed E-state index contributed by atoms with van der Waals surface area (Å²) in [7, 11) is 1.34. The number of aromatic nitrogens is 2. The summed E-state index contributed by atoms with van der Waals surface area (Å²) in [4.78, 5) is 31.9. The van der Waals surface area contributed by atoms with Gasteiger partial charge >= 0.3 is 5.97 Å². The number of thiazole rings is 1. The Bertz CT molecular complexity index is 950. The maximum absolute atomic E-state index is 12.0. The number of nitrogens with zero attached hydrogens (tertiary/aromatic N) is 2. The van der Waals surface area contributed by atoms with E-state index in [0.29, 0.717) is 12.1 Å². The molecule has 6 nitrogen and oxygen atoms in total. The van der Waals surface area contributed by atoms with Crippen molar-refractivity contribution in [2.45, 2.75) is 6.54 Å². The van der Waals surface area contributed by atoms with E-state index >= 15 is 0 Å². The number of rotatable bonds is 6. The molecular formula is C20H17N3O3S. The number of hydrogen-bond acceptors (Lipinski definition) is 6. The van der Waals surface area contributed by atoms with Crippen LogP contribution >= 0.6 is 11.3 Å². The second-order valence-electron chi connectivity index (χ2n) is 5.54. The number of esters is 1.